The van der Waals surface area contributed by atoms with Crippen LogP contribution in [0, 0.1) is 12.8 Å². The molecule has 7 nitrogen and oxygen atoms in total. The zero-order chi connectivity index (χ0) is 21.7. The molecular formula is C22H28N2O5S. The van der Waals surface area contributed by atoms with Crippen molar-refractivity contribution in [1.29, 1.82) is 0 Å². The molecule has 1 heterocycles. The lowest BCUT2D eigenvalue weighted by Crippen LogP contribution is -2.42. The number of sulfonamides is 1. The molecule has 1 saturated heterocycles. The molecule has 2 aromatic rings. The van der Waals surface area contributed by atoms with E-state index in [0.29, 0.717) is 38.2 Å². The lowest BCUT2D eigenvalue weighted by molar-refractivity contribution is -0.126. The Morgan fingerprint density at radius 1 is 1.07 bits per heavy atom. The largest absolute Gasteiger partial charge is 0.497 e. The molecule has 0 saturated carbocycles. The van der Waals surface area contributed by atoms with Gasteiger partial charge in [-0.25, -0.2) is 8.42 Å². The Kier molecular flexibility index (Phi) is 6.99. The molecule has 8 heteroatoms. The Morgan fingerprint density at radius 3 is 2.33 bits per heavy atom. The van der Waals surface area contributed by atoms with Crippen LogP contribution in [0.4, 0.5) is 0 Å². The Balaban J connectivity index is 1.58. The maximum absolute atomic E-state index is 13.1. The van der Waals surface area contributed by atoms with E-state index in [4.69, 9.17) is 9.47 Å². The minimum Gasteiger partial charge on any atom is -0.497 e. The van der Waals surface area contributed by atoms with E-state index in [0.717, 1.165) is 16.9 Å². The van der Waals surface area contributed by atoms with Crippen molar-refractivity contribution in [3.63, 3.8) is 0 Å². The van der Waals surface area contributed by atoms with Crippen LogP contribution in [-0.4, -0.2) is 45.9 Å². The summed E-state index contributed by atoms with van der Waals surface area (Å²) in [5, 5.41) is 2.95. The second-order valence-electron chi connectivity index (χ2n) is 7.40. The molecular weight excluding hydrogens is 404 g/mol. The number of methoxy groups -OCH3 is 2. The molecule has 30 heavy (non-hydrogen) atoms. The quantitative estimate of drug-likeness (QED) is 0.727. The first-order valence-corrected chi connectivity index (χ1v) is 11.3. The number of carbonyl (C=O) groups is 1. The monoisotopic (exact) mass is 432 g/mol. The first-order valence-electron chi connectivity index (χ1n) is 9.90. The van der Waals surface area contributed by atoms with E-state index in [-0.39, 0.29) is 16.7 Å². The number of carbonyl (C=O) groups excluding carboxylic acids is 1. The van der Waals surface area contributed by atoms with Crippen molar-refractivity contribution in [2.75, 3.05) is 27.3 Å². The summed E-state index contributed by atoms with van der Waals surface area (Å²) in [7, 11) is -0.603. The van der Waals surface area contributed by atoms with E-state index in [1.165, 1.54) is 11.4 Å². The van der Waals surface area contributed by atoms with Gasteiger partial charge in [0.1, 0.15) is 16.4 Å². The average Bonchev–Trinajstić information content (AvgIpc) is 2.77. The fraction of sp³-hybridized carbons (Fsp3) is 0.409. The van der Waals surface area contributed by atoms with Crippen molar-refractivity contribution >= 4 is 15.9 Å². The first kappa shape index (κ1) is 22.1. The van der Waals surface area contributed by atoms with Gasteiger partial charge in [0.2, 0.25) is 15.9 Å². The molecule has 0 radical (unpaired) electrons. The maximum atomic E-state index is 13.1. The minimum absolute atomic E-state index is 0.0454. The van der Waals surface area contributed by atoms with E-state index in [2.05, 4.69) is 5.32 Å². The molecule has 0 aromatic heterocycles. The average molecular weight is 433 g/mol. The number of aryl methyl sites for hydroxylation is 1. The number of ether oxygens (including phenoxy) is 2. The molecule has 1 aliphatic rings. The summed E-state index contributed by atoms with van der Waals surface area (Å²) < 4.78 is 38.0. The fourth-order valence-corrected chi connectivity index (χ4v) is 5.27. The standard InChI is InChI=1S/C22H28N2O5S/c1-16-4-9-20(29-3)21(14-16)30(26,27)24-12-10-18(11-13-24)22(25)23-15-17-5-7-19(28-2)8-6-17/h4-9,14,18H,10-13,15H2,1-3H3,(H,23,25). The number of amides is 1. The normalized spacial score (nSPS) is 15.6. The first-order chi connectivity index (χ1) is 14.3. The summed E-state index contributed by atoms with van der Waals surface area (Å²) in [4.78, 5) is 12.7. The number of rotatable bonds is 7. The van der Waals surface area contributed by atoms with Gasteiger partial charge >= 0.3 is 0 Å². The van der Waals surface area contributed by atoms with Crippen molar-refractivity contribution in [3.8, 4) is 11.5 Å². The third-order valence-electron chi connectivity index (χ3n) is 5.39. The van der Waals surface area contributed by atoms with Crippen LogP contribution in [0.15, 0.2) is 47.4 Å². The van der Waals surface area contributed by atoms with Gasteiger partial charge in [0.05, 0.1) is 14.2 Å². The predicted molar refractivity (Wildman–Crippen MR) is 114 cm³/mol. The highest BCUT2D eigenvalue weighted by molar-refractivity contribution is 7.89. The molecule has 0 unspecified atom stereocenters. The number of hydrogen-bond donors (Lipinski definition) is 1. The molecule has 0 aliphatic carbocycles. The molecule has 1 fully saturated rings. The third kappa shape index (κ3) is 4.94. The number of benzene rings is 2. The lowest BCUT2D eigenvalue weighted by Gasteiger charge is -2.31. The number of nitrogens with one attached hydrogen (secondary N) is 1. The van der Waals surface area contributed by atoms with E-state index < -0.39 is 10.0 Å². The van der Waals surface area contributed by atoms with Gasteiger partial charge in [-0.05, 0) is 55.2 Å². The van der Waals surface area contributed by atoms with Gasteiger partial charge in [-0.15, -0.1) is 0 Å². The molecule has 0 spiro atoms. The number of hydrogen-bond acceptors (Lipinski definition) is 5. The van der Waals surface area contributed by atoms with Gasteiger partial charge in [-0.3, -0.25) is 4.79 Å². The SMILES string of the molecule is COc1ccc(CNC(=O)C2CCN(S(=O)(=O)c3cc(C)ccc3OC)CC2)cc1. The van der Waals surface area contributed by atoms with Crippen molar-refractivity contribution < 1.29 is 22.7 Å². The van der Waals surface area contributed by atoms with Crippen molar-refractivity contribution in [3.05, 3.63) is 53.6 Å². The van der Waals surface area contributed by atoms with Gasteiger partial charge < -0.3 is 14.8 Å². The fourth-order valence-electron chi connectivity index (χ4n) is 3.56. The minimum atomic E-state index is -3.67. The molecule has 2 aromatic carbocycles. The van der Waals surface area contributed by atoms with Crippen LogP contribution in [-0.2, 0) is 21.4 Å². The van der Waals surface area contributed by atoms with Crippen molar-refractivity contribution in [1.82, 2.24) is 9.62 Å². The van der Waals surface area contributed by atoms with Gasteiger partial charge in [-0.1, -0.05) is 18.2 Å². The zero-order valence-corrected chi connectivity index (χ0v) is 18.4. The lowest BCUT2D eigenvalue weighted by atomic mass is 9.97. The van der Waals surface area contributed by atoms with Crippen molar-refractivity contribution in [2.24, 2.45) is 5.92 Å². The van der Waals surface area contributed by atoms with Crippen LogP contribution in [0.5, 0.6) is 11.5 Å². The van der Waals surface area contributed by atoms with Crippen LogP contribution in [0.2, 0.25) is 0 Å². The van der Waals surface area contributed by atoms with Crippen LogP contribution in [0.3, 0.4) is 0 Å². The highest BCUT2D eigenvalue weighted by atomic mass is 32.2. The summed E-state index contributed by atoms with van der Waals surface area (Å²) in [5.74, 6) is 0.856. The molecule has 1 N–H and O–H groups in total. The smallest absolute Gasteiger partial charge is 0.246 e. The van der Waals surface area contributed by atoms with Gasteiger partial charge in [-0.2, -0.15) is 4.31 Å². The van der Waals surface area contributed by atoms with Gasteiger partial charge in [0.25, 0.3) is 0 Å². The second-order valence-corrected chi connectivity index (χ2v) is 9.30. The second kappa shape index (κ2) is 9.49. The Hall–Kier alpha value is -2.58. The van der Waals surface area contributed by atoms with Crippen LogP contribution >= 0.6 is 0 Å². The maximum Gasteiger partial charge on any atom is 0.246 e. The predicted octanol–water partition coefficient (Wildman–Crippen LogP) is 2.73. The molecule has 1 aliphatic heterocycles. The Labute approximate surface area is 178 Å². The van der Waals surface area contributed by atoms with E-state index >= 15 is 0 Å². The van der Waals surface area contributed by atoms with E-state index in [1.807, 2.05) is 37.3 Å². The number of nitrogens with zero attached hydrogens (tertiary/aromatic N) is 1. The van der Waals surface area contributed by atoms with Gasteiger partial charge in [0.15, 0.2) is 0 Å². The van der Waals surface area contributed by atoms with Gasteiger partial charge in [0, 0.05) is 25.6 Å². The summed E-state index contributed by atoms with van der Waals surface area (Å²) >= 11 is 0. The highest BCUT2D eigenvalue weighted by Crippen LogP contribution is 2.30. The molecule has 0 bridgehead atoms. The Morgan fingerprint density at radius 2 is 1.73 bits per heavy atom. The van der Waals surface area contributed by atoms with Crippen molar-refractivity contribution in [2.45, 2.75) is 31.2 Å². The molecule has 1 amide bonds. The number of piperidine rings is 1. The summed E-state index contributed by atoms with van der Waals surface area (Å²) in [6.45, 7) is 2.89. The zero-order valence-electron chi connectivity index (χ0n) is 17.6. The van der Waals surface area contributed by atoms with Crippen LogP contribution in [0.25, 0.3) is 0 Å². The Bertz CT molecular complexity index is 981. The summed E-state index contributed by atoms with van der Waals surface area (Å²) in [5.41, 5.74) is 1.83. The third-order valence-corrected chi connectivity index (χ3v) is 7.31. The van der Waals surface area contributed by atoms with Crippen LogP contribution in [0.1, 0.15) is 24.0 Å². The topological polar surface area (TPSA) is 84.9 Å². The summed E-state index contributed by atoms with van der Waals surface area (Å²) in [6.07, 6.45) is 0.976. The molecule has 0 atom stereocenters. The van der Waals surface area contributed by atoms with E-state index in [9.17, 15) is 13.2 Å². The highest BCUT2D eigenvalue weighted by Gasteiger charge is 2.33. The molecule has 162 valence electrons. The van der Waals surface area contributed by atoms with Crippen LogP contribution < -0.4 is 14.8 Å². The summed E-state index contributed by atoms with van der Waals surface area (Å²) in [6, 6.07) is 12.6. The molecule has 3 rings (SSSR count). The van der Waals surface area contributed by atoms with E-state index in [1.54, 1.807) is 19.2 Å².